The number of ether oxygens (including phenoxy) is 2. The topological polar surface area (TPSA) is 59.9 Å². The number of amides is 1. The van der Waals surface area contributed by atoms with Crippen molar-refractivity contribution in [2.45, 2.75) is 63.5 Å². The minimum Gasteiger partial charge on any atom is -0.476 e. The van der Waals surface area contributed by atoms with E-state index >= 15 is 0 Å². The molecule has 26 heavy (non-hydrogen) atoms. The molecule has 0 spiro atoms. The Morgan fingerprint density at radius 2 is 1.73 bits per heavy atom. The molecule has 1 N–H and O–H groups in total. The van der Waals surface area contributed by atoms with E-state index < -0.39 is 11.7 Å². The first kappa shape index (κ1) is 19.3. The number of carbonyl (C=O) groups is 1. The molecule has 2 aliphatic rings. The highest BCUT2D eigenvalue weighted by atomic mass is 35.5. The Bertz CT molecular complexity index is 690. The molecule has 3 rings (SSSR count). The maximum atomic E-state index is 12.6. The minimum atomic E-state index is -0.809. The molecule has 0 bridgehead atoms. The number of hydrogen-bond donors (Lipinski definition) is 1. The Kier molecular flexibility index (Phi) is 5.68. The number of nitrogens with one attached hydrogen (secondary N) is 1. The van der Waals surface area contributed by atoms with Crippen LogP contribution < -0.4 is 5.32 Å². The minimum absolute atomic E-state index is 0.297. The van der Waals surface area contributed by atoms with E-state index in [1.165, 1.54) is 0 Å². The third-order valence-electron chi connectivity index (χ3n) is 4.66. The number of carbonyl (C=O) groups excluding carboxylic acids is 1. The molecular weight excluding hydrogens is 375 g/mol. The van der Waals surface area contributed by atoms with Crippen LogP contribution in [0.25, 0.3) is 0 Å². The largest absolute Gasteiger partial charge is 0.476 e. The fraction of sp³-hybridized carbons (Fsp3) is 0.579. The molecule has 142 valence electrons. The van der Waals surface area contributed by atoms with Crippen LogP contribution in [0.5, 0.6) is 0 Å². The number of benzene rings is 1. The molecule has 0 atom stereocenters. The second-order valence-corrected chi connectivity index (χ2v) is 8.47. The van der Waals surface area contributed by atoms with Gasteiger partial charge in [-0.05, 0) is 57.7 Å². The number of halogens is 2. The smallest absolute Gasteiger partial charge is 0.412 e. The van der Waals surface area contributed by atoms with Crippen LogP contribution >= 0.6 is 23.2 Å². The summed E-state index contributed by atoms with van der Waals surface area (Å²) >= 11 is 12.0. The average Bonchev–Trinajstić information content (AvgIpc) is 2.75. The zero-order valence-corrected chi connectivity index (χ0v) is 16.6. The summed E-state index contributed by atoms with van der Waals surface area (Å²) in [7, 11) is 0. The van der Waals surface area contributed by atoms with Gasteiger partial charge in [-0.3, -0.25) is 5.32 Å². The number of hydrogen-bond acceptors (Lipinski definition) is 4. The van der Waals surface area contributed by atoms with E-state index in [9.17, 15) is 4.79 Å². The van der Waals surface area contributed by atoms with Crippen molar-refractivity contribution in [1.29, 1.82) is 0 Å². The molecule has 1 heterocycles. The summed E-state index contributed by atoms with van der Waals surface area (Å²) < 4.78 is 11.8. The summed E-state index contributed by atoms with van der Waals surface area (Å²) in [5, 5.41) is 3.61. The SMILES string of the molecule is CC1(C)COC(C2(OC(=O)Nc3cc(Cl)cc(Cl)c3)CCCCCC2)=N1. The van der Waals surface area contributed by atoms with E-state index in [0.717, 1.165) is 25.7 Å². The molecule has 5 nitrogen and oxygen atoms in total. The van der Waals surface area contributed by atoms with Crippen LogP contribution in [0.2, 0.25) is 10.0 Å². The van der Waals surface area contributed by atoms with Gasteiger partial charge in [0, 0.05) is 15.7 Å². The molecule has 1 aliphatic carbocycles. The molecule has 1 aliphatic heterocycles. The summed E-state index contributed by atoms with van der Waals surface area (Å²) in [6.45, 7) is 4.52. The molecule has 7 heteroatoms. The van der Waals surface area contributed by atoms with Crippen LogP contribution in [0.4, 0.5) is 10.5 Å². The fourth-order valence-electron chi connectivity index (χ4n) is 3.42. The van der Waals surface area contributed by atoms with E-state index in [1.54, 1.807) is 18.2 Å². The highest BCUT2D eigenvalue weighted by molar-refractivity contribution is 6.35. The summed E-state index contributed by atoms with van der Waals surface area (Å²) in [5.74, 6) is 0.545. The Labute approximate surface area is 164 Å². The van der Waals surface area contributed by atoms with Crippen molar-refractivity contribution in [3.05, 3.63) is 28.2 Å². The van der Waals surface area contributed by atoms with Crippen LogP contribution in [-0.2, 0) is 9.47 Å². The number of anilines is 1. The summed E-state index contributed by atoms with van der Waals surface area (Å²) in [6, 6.07) is 4.86. The van der Waals surface area contributed by atoms with Gasteiger partial charge in [0.05, 0.1) is 5.54 Å². The van der Waals surface area contributed by atoms with Gasteiger partial charge in [0.1, 0.15) is 6.61 Å². The molecule has 1 amide bonds. The van der Waals surface area contributed by atoms with Gasteiger partial charge in [-0.15, -0.1) is 0 Å². The summed E-state index contributed by atoms with van der Waals surface area (Å²) in [4.78, 5) is 17.3. The van der Waals surface area contributed by atoms with E-state index in [4.69, 9.17) is 37.7 Å². The first-order valence-corrected chi connectivity index (χ1v) is 9.73. The number of aliphatic imine (C=N–C) groups is 1. The molecular formula is C19H24Cl2N2O3. The molecule has 1 aromatic carbocycles. The van der Waals surface area contributed by atoms with E-state index in [-0.39, 0.29) is 5.54 Å². The lowest BCUT2D eigenvalue weighted by Gasteiger charge is -2.31. The second-order valence-electron chi connectivity index (χ2n) is 7.60. The van der Waals surface area contributed by atoms with Gasteiger partial charge in [-0.25, -0.2) is 9.79 Å². The predicted octanol–water partition coefficient (Wildman–Crippen LogP) is 5.84. The Hall–Kier alpha value is -1.46. The van der Waals surface area contributed by atoms with Crippen LogP contribution in [0, 0.1) is 0 Å². The maximum Gasteiger partial charge on any atom is 0.412 e. The standard InChI is InChI=1S/C19H24Cl2N2O3/c1-18(2)12-25-16(23-18)19(7-5-3-4-6-8-19)26-17(24)22-15-10-13(20)9-14(21)11-15/h9-11H,3-8,12H2,1-2H3,(H,22,24). The number of rotatable bonds is 3. The predicted molar refractivity (Wildman–Crippen MR) is 104 cm³/mol. The van der Waals surface area contributed by atoms with Crippen molar-refractivity contribution in [3.63, 3.8) is 0 Å². The van der Waals surface area contributed by atoms with Crippen LogP contribution in [0.1, 0.15) is 52.4 Å². The van der Waals surface area contributed by atoms with Gasteiger partial charge in [-0.2, -0.15) is 0 Å². The van der Waals surface area contributed by atoms with Crippen molar-refractivity contribution in [1.82, 2.24) is 0 Å². The van der Waals surface area contributed by atoms with E-state index in [0.29, 0.717) is 41.1 Å². The molecule has 1 aromatic rings. The monoisotopic (exact) mass is 398 g/mol. The fourth-order valence-corrected chi connectivity index (χ4v) is 3.95. The van der Waals surface area contributed by atoms with Gasteiger partial charge in [0.15, 0.2) is 5.60 Å². The zero-order chi connectivity index (χ0) is 18.8. The zero-order valence-electron chi connectivity index (χ0n) is 15.1. The molecule has 0 radical (unpaired) electrons. The molecule has 0 unspecified atom stereocenters. The average molecular weight is 399 g/mol. The Balaban J connectivity index is 1.80. The first-order chi connectivity index (χ1) is 12.3. The summed E-state index contributed by atoms with van der Waals surface area (Å²) in [6.07, 6.45) is 5.05. The second kappa shape index (κ2) is 7.65. The Morgan fingerprint density at radius 3 is 2.27 bits per heavy atom. The van der Waals surface area contributed by atoms with Crippen molar-refractivity contribution in [2.75, 3.05) is 11.9 Å². The lowest BCUT2D eigenvalue weighted by molar-refractivity contribution is 0.0430. The lowest BCUT2D eigenvalue weighted by atomic mass is 9.93. The Morgan fingerprint density at radius 1 is 1.12 bits per heavy atom. The lowest BCUT2D eigenvalue weighted by Crippen LogP contribution is -2.44. The third kappa shape index (κ3) is 4.63. The highest BCUT2D eigenvalue weighted by Gasteiger charge is 2.46. The molecule has 0 aromatic heterocycles. The van der Waals surface area contributed by atoms with Crippen molar-refractivity contribution >= 4 is 40.9 Å². The van der Waals surface area contributed by atoms with Crippen molar-refractivity contribution < 1.29 is 14.3 Å². The van der Waals surface area contributed by atoms with Gasteiger partial charge >= 0.3 is 6.09 Å². The first-order valence-electron chi connectivity index (χ1n) is 8.97. The quantitative estimate of drug-likeness (QED) is 0.650. The van der Waals surface area contributed by atoms with Crippen LogP contribution in [-0.4, -0.2) is 29.7 Å². The van der Waals surface area contributed by atoms with Crippen LogP contribution in [0.15, 0.2) is 23.2 Å². The summed E-state index contributed by atoms with van der Waals surface area (Å²) in [5.41, 5.74) is -0.614. The number of nitrogens with zero attached hydrogens (tertiary/aromatic N) is 1. The van der Waals surface area contributed by atoms with Gasteiger partial charge in [0.2, 0.25) is 5.90 Å². The molecule has 1 fully saturated rings. The normalized spacial score (nSPS) is 21.3. The van der Waals surface area contributed by atoms with Gasteiger partial charge in [0.25, 0.3) is 0 Å². The maximum absolute atomic E-state index is 12.6. The third-order valence-corrected chi connectivity index (χ3v) is 5.10. The van der Waals surface area contributed by atoms with Crippen LogP contribution in [0.3, 0.4) is 0 Å². The highest BCUT2D eigenvalue weighted by Crippen LogP contribution is 2.36. The van der Waals surface area contributed by atoms with Crippen molar-refractivity contribution in [3.8, 4) is 0 Å². The van der Waals surface area contributed by atoms with E-state index in [1.807, 2.05) is 13.8 Å². The molecule has 1 saturated carbocycles. The van der Waals surface area contributed by atoms with Gasteiger partial charge < -0.3 is 9.47 Å². The molecule has 0 saturated heterocycles. The van der Waals surface area contributed by atoms with Gasteiger partial charge in [-0.1, -0.05) is 36.0 Å². The van der Waals surface area contributed by atoms with E-state index in [2.05, 4.69) is 5.32 Å². The van der Waals surface area contributed by atoms with Crippen molar-refractivity contribution in [2.24, 2.45) is 4.99 Å².